The first kappa shape index (κ1) is 22.7. The Bertz CT molecular complexity index is 1280. The van der Waals surface area contributed by atoms with Gasteiger partial charge in [-0.1, -0.05) is 6.07 Å². The Kier molecular flexibility index (Phi) is 7.15. The smallest absolute Gasteiger partial charge is 0.338 e. The zero-order valence-corrected chi connectivity index (χ0v) is 17.4. The predicted octanol–water partition coefficient (Wildman–Crippen LogP) is 4.19. The summed E-state index contributed by atoms with van der Waals surface area (Å²) in [6.45, 7) is 0.809. The number of carbonyl (C=O) groups is 3. The molecule has 0 heterocycles. The van der Waals surface area contributed by atoms with Gasteiger partial charge in [0.05, 0.1) is 11.1 Å². The number of ketones is 1. The van der Waals surface area contributed by atoms with Gasteiger partial charge in [0, 0.05) is 12.5 Å². The number of hydrogen-bond acceptors (Lipinski definition) is 8. The summed E-state index contributed by atoms with van der Waals surface area (Å²) in [6, 6.07) is 20.4. The van der Waals surface area contributed by atoms with Crippen LogP contribution in [0.2, 0.25) is 0 Å². The van der Waals surface area contributed by atoms with Crippen molar-refractivity contribution >= 4 is 17.7 Å². The van der Waals surface area contributed by atoms with Gasteiger partial charge in [0.1, 0.15) is 35.0 Å². The molecule has 0 atom stereocenters. The summed E-state index contributed by atoms with van der Waals surface area (Å²) < 4.78 is 15.6. The predicted molar refractivity (Wildman–Crippen MR) is 115 cm³/mol. The number of carbonyl (C=O) groups excluding carboxylic acids is 3. The number of ether oxygens (including phenoxy) is 3. The number of nitriles is 2. The van der Waals surface area contributed by atoms with Crippen LogP contribution in [0.5, 0.6) is 17.2 Å². The van der Waals surface area contributed by atoms with Crippen LogP contribution in [0, 0.1) is 22.7 Å². The SMILES string of the molecule is CC(=O)Oc1ccc(C(=O)COC(=O)c2ccc(Oc3cccc(C#N)c3C#N)cc2)cc1. The van der Waals surface area contributed by atoms with Crippen molar-refractivity contribution in [2.45, 2.75) is 6.92 Å². The highest BCUT2D eigenvalue weighted by Crippen LogP contribution is 2.27. The summed E-state index contributed by atoms with van der Waals surface area (Å²) in [5.74, 6) is -0.714. The average Bonchev–Trinajstić information content (AvgIpc) is 2.82. The molecule has 3 aromatic rings. The second-order valence-electron chi connectivity index (χ2n) is 6.65. The fourth-order valence-corrected chi connectivity index (χ4v) is 2.78. The zero-order chi connectivity index (χ0) is 23.8. The van der Waals surface area contributed by atoms with E-state index in [0.717, 1.165) is 0 Å². The molecule has 3 rings (SSSR count). The third-order valence-corrected chi connectivity index (χ3v) is 4.35. The van der Waals surface area contributed by atoms with E-state index in [0.29, 0.717) is 17.1 Å². The first-order valence-electron chi connectivity index (χ1n) is 9.61. The molecule has 0 unspecified atom stereocenters. The molecule has 0 N–H and O–H groups in total. The number of nitrogens with zero attached hydrogens (tertiary/aromatic N) is 2. The van der Waals surface area contributed by atoms with Crippen LogP contribution in [0.3, 0.4) is 0 Å². The minimum Gasteiger partial charge on any atom is -0.456 e. The highest BCUT2D eigenvalue weighted by Gasteiger charge is 2.14. The topological polar surface area (TPSA) is 126 Å². The van der Waals surface area contributed by atoms with Gasteiger partial charge in [0.25, 0.3) is 0 Å². The molecule has 3 aromatic carbocycles. The van der Waals surface area contributed by atoms with Crippen molar-refractivity contribution in [1.29, 1.82) is 10.5 Å². The van der Waals surface area contributed by atoms with Gasteiger partial charge in [0.15, 0.2) is 12.4 Å². The van der Waals surface area contributed by atoms with Crippen molar-refractivity contribution in [3.05, 3.63) is 89.0 Å². The molecule has 0 amide bonds. The molecule has 0 aliphatic heterocycles. The number of rotatable bonds is 7. The van der Waals surface area contributed by atoms with E-state index in [2.05, 4.69) is 0 Å². The van der Waals surface area contributed by atoms with Gasteiger partial charge in [-0.2, -0.15) is 10.5 Å². The van der Waals surface area contributed by atoms with Crippen LogP contribution in [0.4, 0.5) is 0 Å². The van der Waals surface area contributed by atoms with Crippen molar-refractivity contribution < 1.29 is 28.6 Å². The molecular formula is C25H16N2O6. The Morgan fingerprint density at radius 2 is 1.45 bits per heavy atom. The molecule has 8 heteroatoms. The van der Waals surface area contributed by atoms with Gasteiger partial charge >= 0.3 is 11.9 Å². The molecular weight excluding hydrogens is 424 g/mol. The van der Waals surface area contributed by atoms with Crippen LogP contribution >= 0.6 is 0 Å². The molecule has 0 saturated heterocycles. The van der Waals surface area contributed by atoms with Crippen LogP contribution in [-0.4, -0.2) is 24.3 Å². The Morgan fingerprint density at radius 3 is 2.06 bits per heavy atom. The van der Waals surface area contributed by atoms with E-state index in [9.17, 15) is 19.6 Å². The van der Waals surface area contributed by atoms with Crippen LogP contribution in [0.1, 0.15) is 38.8 Å². The minimum absolute atomic E-state index is 0.114. The summed E-state index contributed by atoms with van der Waals surface area (Å²) in [5.41, 5.74) is 0.811. The Balaban J connectivity index is 1.60. The normalized spacial score (nSPS) is 9.79. The third kappa shape index (κ3) is 5.81. The second-order valence-corrected chi connectivity index (χ2v) is 6.65. The molecule has 0 saturated carbocycles. The van der Waals surface area contributed by atoms with E-state index >= 15 is 0 Å². The fourth-order valence-electron chi connectivity index (χ4n) is 2.78. The van der Waals surface area contributed by atoms with E-state index in [1.165, 1.54) is 61.5 Å². The lowest BCUT2D eigenvalue weighted by molar-refractivity contribution is -0.131. The Labute approximate surface area is 189 Å². The molecule has 8 nitrogen and oxygen atoms in total. The van der Waals surface area contributed by atoms with Crippen molar-refractivity contribution in [2.24, 2.45) is 0 Å². The fraction of sp³-hybridized carbons (Fsp3) is 0.0800. The number of esters is 2. The molecule has 0 aliphatic rings. The first-order valence-corrected chi connectivity index (χ1v) is 9.61. The molecule has 0 fully saturated rings. The molecule has 162 valence electrons. The molecule has 0 spiro atoms. The molecule has 0 radical (unpaired) electrons. The van der Waals surface area contributed by atoms with E-state index in [4.69, 9.17) is 19.5 Å². The Morgan fingerprint density at radius 1 is 0.818 bits per heavy atom. The van der Waals surface area contributed by atoms with Crippen LogP contribution in [0.25, 0.3) is 0 Å². The van der Waals surface area contributed by atoms with Gasteiger partial charge < -0.3 is 14.2 Å². The summed E-state index contributed by atoms with van der Waals surface area (Å²) in [7, 11) is 0. The van der Waals surface area contributed by atoms with Gasteiger partial charge in [-0.25, -0.2) is 4.79 Å². The second kappa shape index (κ2) is 10.4. The molecule has 33 heavy (non-hydrogen) atoms. The third-order valence-electron chi connectivity index (χ3n) is 4.35. The van der Waals surface area contributed by atoms with Crippen molar-refractivity contribution in [1.82, 2.24) is 0 Å². The van der Waals surface area contributed by atoms with E-state index in [-0.39, 0.29) is 22.4 Å². The quantitative estimate of drug-likeness (QED) is 0.304. The van der Waals surface area contributed by atoms with Gasteiger partial charge in [-0.05, 0) is 60.7 Å². The maximum absolute atomic E-state index is 12.3. The standard InChI is InChI=1S/C25H16N2O6/c1-16(28)32-20-9-5-17(6-10-20)23(29)15-31-25(30)18-7-11-21(12-8-18)33-24-4-2-3-19(13-26)22(24)14-27/h2-12H,15H2,1H3. The highest BCUT2D eigenvalue weighted by molar-refractivity contribution is 5.99. The van der Waals surface area contributed by atoms with Crippen LogP contribution in [-0.2, 0) is 9.53 Å². The lowest BCUT2D eigenvalue weighted by atomic mass is 10.1. The van der Waals surface area contributed by atoms with E-state index in [1.54, 1.807) is 12.1 Å². The average molecular weight is 440 g/mol. The minimum atomic E-state index is -0.698. The highest BCUT2D eigenvalue weighted by atomic mass is 16.5. The number of hydrogen-bond donors (Lipinski definition) is 0. The van der Waals surface area contributed by atoms with Gasteiger partial charge in [-0.3, -0.25) is 9.59 Å². The van der Waals surface area contributed by atoms with Crippen molar-refractivity contribution in [3.8, 4) is 29.4 Å². The van der Waals surface area contributed by atoms with E-state index < -0.39 is 24.3 Å². The number of Topliss-reactive ketones (excluding diaryl/α,β-unsaturated/α-hetero) is 1. The monoisotopic (exact) mass is 440 g/mol. The van der Waals surface area contributed by atoms with Gasteiger partial charge in [0.2, 0.25) is 0 Å². The number of benzene rings is 3. The van der Waals surface area contributed by atoms with E-state index in [1.807, 2.05) is 12.1 Å². The summed E-state index contributed by atoms with van der Waals surface area (Å²) >= 11 is 0. The van der Waals surface area contributed by atoms with Crippen LogP contribution in [0.15, 0.2) is 66.7 Å². The lowest BCUT2D eigenvalue weighted by Crippen LogP contribution is -2.14. The molecule has 0 aliphatic carbocycles. The summed E-state index contributed by atoms with van der Waals surface area (Å²) in [5, 5.41) is 18.4. The largest absolute Gasteiger partial charge is 0.456 e. The maximum Gasteiger partial charge on any atom is 0.338 e. The molecule has 0 aromatic heterocycles. The van der Waals surface area contributed by atoms with Crippen LogP contribution < -0.4 is 9.47 Å². The zero-order valence-electron chi connectivity index (χ0n) is 17.4. The van der Waals surface area contributed by atoms with Crippen molar-refractivity contribution in [2.75, 3.05) is 6.61 Å². The first-order chi connectivity index (χ1) is 15.9. The summed E-state index contributed by atoms with van der Waals surface area (Å²) in [4.78, 5) is 35.4. The molecule has 0 bridgehead atoms. The summed E-state index contributed by atoms with van der Waals surface area (Å²) in [6.07, 6.45) is 0. The van der Waals surface area contributed by atoms with Crippen molar-refractivity contribution in [3.63, 3.8) is 0 Å². The lowest BCUT2D eigenvalue weighted by Gasteiger charge is -2.09. The Hall–Kier alpha value is -4.95. The van der Waals surface area contributed by atoms with Gasteiger partial charge in [-0.15, -0.1) is 0 Å². The maximum atomic E-state index is 12.3.